The van der Waals surface area contributed by atoms with E-state index < -0.39 is 5.60 Å². The van der Waals surface area contributed by atoms with E-state index in [0.29, 0.717) is 19.5 Å². The molecule has 0 aromatic rings. The summed E-state index contributed by atoms with van der Waals surface area (Å²) < 4.78 is 5.10. The Hall–Kier alpha value is -0.770. The van der Waals surface area contributed by atoms with E-state index >= 15 is 0 Å². The largest absolute Gasteiger partial charge is 0.447 e. The fourth-order valence-electron chi connectivity index (χ4n) is 1.83. The molecule has 4 nitrogen and oxygen atoms in total. The van der Waals surface area contributed by atoms with Crippen molar-refractivity contribution < 1.29 is 14.6 Å². The number of nitrogens with zero attached hydrogens (tertiary/aromatic N) is 1. The topological polar surface area (TPSA) is 49.8 Å². The first-order chi connectivity index (χ1) is 6.97. The zero-order valence-corrected chi connectivity index (χ0v) is 9.82. The van der Waals surface area contributed by atoms with Gasteiger partial charge in [0.25, 0.3) is 0 Å². The summed E-state index contributed by atoms with van der Waals surface area (Å²) in [6, 6.07) is 0. The molecular formula is C11H21NO3. The standard InChI is InChI=1S/C11H21NO3/c1-4-11(14)6-5-7-12(8-11)10(13)15-9(2)3/h9,14H,4-8H2,1-3H3. The van der Waals surface area contributed by atoms with Crippen LogP contribution in [0.1, 0.15) is 40.0 Å². The fraction of sp³-hybridized carbons (Fsp3) is 0.909. The summed E-state index contributed by atoms with van der Waals surface area (Å²) in [4.78, 5) is 13.2. The van der Waals surface area contributed by atoms with E-state index in [-0.39, 0.29) is 12.2 Å². The molecule has 0 spiro atoms. The Bertz CT molecular complexity index is 230. The van der Waals surface area contributed by atoms with Gasteiger partial charge in [-0.1, -0.05) is 6.92 Å². The third-order valence-corrected chi connectivity index (χ3v) is 2.81. The van der Waals surface area contributed by atoms with Crippen LogP contribution in [0.3, 0.4) is 0 Å². The van der Waals surface area contributed by atoms with E-state index in [1.165, 1.54) is 0 Å². The number of hydrogen-bond donors (Lipinski definition) is 1. The molecule has 0 aromatic heterocycles. The Morgan fingerprint density at radius 2 is 2.27 bits per heavy atom. The molecule has 0 bridgehead atoms. The van der Waals surface area contributed by atoms with Crippen LogP contribution in [0.4, 0.5) is 4.79 Å². The minimum absolute atomic E-state index is 0.103. The van der Waals surface area contributed by atoms with Crippen LogP contribution in [0.25, 0.3) is 0 Å². The molecule has 1 aliphatic rings. The van der Waals surface area contributed by atoms with Crippen LogP contribution in [0.5, 0.6) is 0 Å². The summed E-state index contributed by atoms with van der Waals surface area (Å²) >= 11 is 0. The van der Waals surface area contributed by atoms with Crippen LogP contribution in [-0.2, 0) is 4.74 Å². The van der Waals surface area contributed by atoms with Crippen molar-refractivity contribution in [2.24, 2.45) is 0 Å². The number of ether oxygens (including phenoxy) is 1. The zero-order valence-electron chi connectivity index (χ0n) is 9.82. The molecule has 1 unspecified atom stereocenters. The van der Waals surface area contributed by atoms with E-state index in [0.717, 1.165) is 12.8 Å². The third kappa shape index (κ3) is 3.38. The van der Waals surface area contributed by atoms with Gasteiger partial charge in [-0.3, -0.25) is 0 Å². The lowest BCUT2D eigenvalue weighted by Crippen LogP contribution is -2.50. The maximum atomic E-state index is 11.6. The Labute approximate surface area is 91.2 Å². The monoisotopic (exact) mass is 215 g/mol. The van der Waals surface area contributed by atoms with Gasteiger partial charge in [0.15, 0.2) is 0 Å². The lowest BCUT2D eigenvalue weighted by Gasteiger charge is -2.38. The lowest BCUT2D eigenvalue weighted by atomic mass is 9.91. The molecular weight excluding hydrogens is 194 g/mol. The van der Waals surface area contributed by atoms with Crippen LogP contribution in [0, 0.1) is 0 Å². The Kier molecular flexibility index (Phi) is 3.97. The summed E-state index contributed by atoms with van der Waals surface area (Å²) in [6.45, 7) is 6.68. The Morgan fingerprint density at radius 1 is 1.60 bits per heavy atom. The Morgan fingerprint density at radius 3 is 2.80 bits per heavy atom. The lowest BCUT2D eigenvalue weighted by molar-refractivity contribution is -0.0352. The van der Waals surface area contributed by atoms with Crippen molar-refractivity contribution in [3.05, 3.63) is 0 Å². The summed E-state index contributed by atoms with van der Waals surface area (Å²) in [6.07, 6.45) is 1.89. The second-order valence-corrected chi connectivity index (χ2v) is 4.54. The summed E-state index contributed by atoms with van der Waals surface area (Å²) in [5.41, 5.74) is -0.714. The molecule has 1 fully saturated rings. The fourth-order valence-corrected chi connectivity index (χ4v) is 1.83. The van der Waals surface area contributed by atoms with Gasteiger partial charge in [0, 0.05) is 6.54 Å². The minimum Gasteiger partial charge on any atom is -0.447 e. The molecule has 1 N–H and O–H groups in total. The van der Waals surface area contributed by atoms with Gasteiger partial charge in [-0.25, -0.2) is 4.79 Å². The summed E-state index contributed by atoms with van der Waals surface area (Å²) in [5, 5.41) is 10.1. The second kappa shape index (κ2) is 4.84. The van der Waals surface area contributed by atoms with Crippen LogP contribution in [0.2, 0.25) is 0 Å². The van der Waals surface area contributed by atoms with E-state index in [2.05, 4.69) is 0 Å². The molecule has 0 aromatic carbocycles. The molecule has 1 aliphatic heterocycles. The van der Waals surface area contributed by atoms with Crippen LogP contribution >= 0.6 is 0 Å². The summed E-state index contributed by atoms with van der Waals surface area (Å²) in [7, 11) is 0. The first-order valence-electron chi connectivity index (χ1n) is 5.65. The zero-order chi connectivity index (χ0) is 11.5. The average molecular weight is 215 g/mol. The molecule has 0 radical (unpaired) electrons. The minimum atomic E-state index is -0.714. The van der Waals surface area contributed by atoms with E-state index in [1.807, 2.05) is 20.8 Å². The highest BCUT2D eigenvalue weighted by Crippen LogP contribution is 2.24. The molecule has 1 heterocycles. The number of piperidine rings is 1. The third-order valence-electron chi connectivity index (χ3n) is 2.81. The number of carbonyl (C=O) groups excluding carboxylic acids is 1. The number of carbonyl (C=O) groups is 1. The van der Waals surface area contributed by atoms with Gasteiger partial charge in [0.1, 0.15) is 0 Å². The van der Waals surface area contributed by atoms with Crippen molar-refractivity contribution in [2.75, 3.05) is 13.1 Å². The van der Waals surface area contributed by atoms with E-state index in [1.54, 1.807) is 4.90 Å². The van der Waals surface area contributed by atoms with Gasteiger partial charge in [-0.2, -0.15) is 0 Å². The van der Waals surface area contributed by atoms with Gasteiger partial charge in [-0.05, 0) is 33.1 Å². The van der Waals surface area contributed by atoms with E-state index in [9.17, 15) is 9.90 Å². The van der Waals surface area contributed by atoms with Gasteiger partial charge in [0.2, 0.25) is 0 Å². The molecule has 88 valence electrons. The quantitative estimate of drug-likeness (QED) is 0.763. The normalized spacial score (nSPS) is 26.9. The molecule has 1 amide bonds. The second-order valence-electron chi connectivity index (χ2n) is 4.54. The highest BCUT2D eigenvalue weighted by Gasteiger charge is 2.34. The number of amides is 1. The van der Waals surface area contributed by atoms with Crippen molar-refractivity contribution in [3.8, 4) is 0 Å². The first-order valence-corrected chi connectivity index (χ1v) is 5.65. The molecule has 15 heavy (non-hydrogen) atoms. The number of β-amino-alcohol motifs (C(OH)–C–C–N with tert-alkyl or cyclic N) is 1. The number of likely N-dealkylation sites (tertiary alicyclic amines) is 1. The van der Waals surface area contributed by atoms with Crippen molar-refractivity contribution in [2.45, 2.75) is 51.7 Å². The first kappa shape index (κ1) is 12.3. The molecule has 4 heteroatoms. The maximum absolute atomic E-state index is 11.6. The van der Waals surface area contributed by atoms with Crippen LogP contribution in [-0.4, -0.2) is 40.9 Å². The van der Waals surface area contributed by atoms with Gasteiger partial charge in [-0.15, -0.1) is 0 Å². The molecule has 1 atom stereocenters. The predicted octanol–water partition coefficient (Wildman–Crippen LogP) is 1.77. The van der Waals surface area contributed by atoms with Crippen molar-refractivity contribution in [1.29, 1.82) is 0 Å². The molecule has 1 saturated heterocycles. The van der Waals surface area contributed by atoms with Crippen molar-refractivity contribution in [3.63, 3.8) is 0 Å². The van der Waals surface area contributed by atoms with Crippen LogP contribution < -0.4 is 0 Å². The molecule has 0 aliphatic carbocycles. The maximum Gasteiger partial charge on any atom is 0.410 e. The number of aliphatic hydroxyl groups is 1. The van der Waals surface area contributed by atoms with Crippen molar-refractivity contribution in [1.82, 2.24) is 4.90 Å². The predicted molar refractivity (Wildman–Crippen MR) is 57.7 cm³/mol. The van der Waals surface area contributed by atoms with Gasteiger partial charge >= 0.3 is 6.09 Å². The van der Waals surface area contributed by atoms with Gasteiger partial charge < -0.3 is 14.7 Å². The highest BCUT2D eigenvalue weighted by atomic mass is 16.6. The Balaban J connectivity index is 2.52. The SMILES string of the molecule is CCC1(O)CCCN(C(=O)OC(C)C)C1. The summed E-state index contributed by atoms with van der Waals surface area (Å²) in [5.74, 6) is 0. The molecule has 1 rings (SSSR count). The molecule has 0 saturated carbocycles. The van der Waals surface area contributed by atoms with Gasteiger partial charge in [0.05, 0.1) is 18.2 Å². The highest BCUT2D eigenvalue weighted by molar-refractivity contribution is 5.68. The van der Waals surface area contributed by atoms with Crippen LogP contribution in [0.15, 0.2) is 0 Å². The number of rotatable bonds is 2. The number of hydrogen-bond acceptors (Lipinski definition) is 3. The van der Waals surface area contributed by atoms with E-state index in [4.69, 9.17) is 4.74 Å². The van der Waals surface area contributed by atoms with Crippen molar-refractivity contribution >= 4 is 6.09 Å². The smallest absolute Gasteiger partial charge is 0.410 e. The average Bonchev–Trinajstić information content (AvgIpc) is 2.17.